The Kier molecular flexibility index (Phi) is 5.88. The van der Waals surface area contributed by atoms with Crippen molar-refractivity contribution >= 4 is 17.5 Å². The molecule has 0 spiro atoms. The molecular weight excluding hydrogens is 319 g/mol. The highest BCUT2D eigenvalue weighted by molar-refractivity contribution is 5.73. The Bertz CT molecular complexity index is 590. The standard InChI is InChI=1S/C13H16F3N3O4/c1-7(2)23-12(20)8(3)6-17-9-4-5-10(19(21)22)18-11(9)13(14,15)16/h4-5,7-8,17H,6H2,1-3H3. The molecule has 0 aliphatic heterocycles. The van der Waals surface area contributed by atoms with Crippen LogP contribution in [0.1, 0.15) is 26.5 Å². The van der Waals surface area contributed by atoms with Crippen LogP contribution < -0.4 is 5.32 Å². The lowest BCUT2D eigenvalue weighted by atomic mass is 10.1. The van der Waals surface area contributed by atoms with E-state index in [1.165, 1.54) is 6.92 Å². The summed E-state index contributed by atoms with van der Waals surface area (Å²) in [7, 11) is 0. The quantitative estimate of drug-likeness (QED) is 0.488. The molecule has 0 amide bonds. The number of rotatable bonds is 6. The predicted octanol–water partition coefficient (Wildman–Crippen LogP) is 3.01. The van der Waals surface area contributed by atoms with Crippen molar-refractivity contribution in [1.29, 1.82) is 0 Å². The lowest BCUT2D eigenvalue weighted by Crippen LogP contribution is -2.26. The topological polar surface area (TPSA) is 94.4 Å². The minimum absolute atomic E-state index is 0.131. The smallest absolute Gasteiger partial charge is 0.460 e. The number of nitrogens with zero attached hydrogens (tertiary/aromatic N) is 2. The first-order valence-electron chi connectivity index (χ1n) is 6.69. The molecule has 1 aromatic heterocycles. The van der Waals surface area contributed by atoms with Crippen molar-refractivity contribution in [2.24, 2.45) is 5.92 Å². The van der Waals surface area contributed by atoms with Gasteiger partial charge in [0.2, 0.25) is 0 Å². The van der Waals surface area contributed by atoms with Gasteiger partial charge in [-0.05, 0) is 29.8 Å². The molecule has 1 heterocycles. The van der Waals surface area contributed by atoms with Gasteiger partial charge in [0.05, 0.1) is 17.7 Å². The second-order valence-electron chi connectivity index (χ2n) is 5.09. The van der Waals surface area contributed by atoms with Crippen molar-refractivity contribution in [3.05, 3.63) is 27.9 Å². The summed E-state index contributed by atoms with van der Waals surface area (Å²) >= 11 is 0. The summed E-state index contributed by atoms with van der Waals surface area (Å²) in [4.78, 5) is 24.2. The summed E-state index contributed by atoms with van der Waals surface area (Å²) in [6.45, 7) is 4.66. The summed E-state index contributed by atoms with van der Waals surface area (Å²) in [5, 5.41) is 13.0. The van der Waals surface area contributed by atoms with E-state index in [1.807, 2.05) is 0 Å². The number of anilines is 1. The third-order valence-electron chi connectivity index (χ3n) is 2.69. The number of nitrogens with one attached hydrogen (secondary N) is 1. The van der Waals surface area contributed by atoms with Crippen molar-refractivity contribution in [3.8, 4) is 0 Å². The molecule has 0 aliphatic rings. The third kappa shape index (κ3) is 5.38. The molecule has 1 unspecified atom stereocenters. The van der Waals surface area contributed by atoms with Crippen molar-refractivity contribution in [1.82, 2.24) is 4.98 Å². The number of halogens is 3. The van der Waals surface area contributed by atoms with Crippen molar-refractivity contribution < 1.29 is 27.6 Å². The van der Waals surface area contributed by atoms with E-state index < -0.39 is 40.2 Å². The van der Waals surface area contributed by atoms with E-state index in [0.29, 0.717) is 0 Å². The van der Waals surface area contributed by atoms with E-state index in [2.05, 4.69) is 10.3 Å². The molecule has 23 heavy (non-hydrogen) atoms. The molecule has 1 atom stereocenters. The van der Waals surface area contributed by atoms with Gasteiger partial charge >= 0.3 is 18.0 Å². The van der Waals surface area contributed by atoms with Crippen LogP contribution in [0.25, 0.3) is 0 Å². The number of carbonyl (C=O) groups excluding carboxylic acids is 1. The van der Waals surface area contributed by atoms with Gasteiger partial charge in [-0.1, -0.05) is 6.92 Å². The van der Waals surface area contributed by atoms with Crippen molar-refractivity contribution in [2.75, 3.05) is 11.9 Å². The van der Waals surface area contributed by atoms with E-state index in [9.17, 15) is 28.1 Å². The number of nitro groups is 1. The summed E-state index contributed by atoms with van der Waals surface area (Å²) in [5.41, 5.74) is -1.84. The maximum absolute atomic E-state index is 12.9. The molecule has 0 aliphatic carbocycles. The Labute approximate surface area is 130 Å². The molecule has 10 heteroatoms. The summed E-state index contributed by atoms with van der Waals surface area (Å²) < 4.78 is 43.7. The largest absolute Gasteiger partial charge is 0.463 e. The first-order valence-corrected chi connectivity index (χ1v) is 6.69. The second kappa shape index (κ2) is 7.25. The number of aromatic nitrogens is 1. The Balaban J connectivity index is 2.92. The number of hydrogen-bond acceptors (Lipinski definition) is 6. The number of carbonyl (C=O) groups is 1. The van der Waals surface area contributed by atoms with Gasteiger partial charge in [0.15, 0.2) is 0 Å². The zero-order valence-corrected chi connectivity index (χ0v) is 12.7. The highest BCUT2D eigenvalue weighted by atomic mass is 19.4. The molecule has 0 aromatic carbocycles. The summed E-state index contributed by atoms with van der Waals surface area (Å²) in [6, 6.07) is 1.77. The molecule has 1 aromatic rings. The van der Waals surface area contributed by atoms with Gasteiger partial charge in [0.1, 0.15) is 0 Å². The van der Waals surface area contributed by atoms with E-state index in [0.717, 1.165) is 12.1 Å². The minimum Gasteiger partial charge on any atom is -0.463 e. The number of ether oxygens (including phenoxy) is 1. The Morgan fingerprint density at radius 2 is 2.00 bits per heavy atom. The van der Waals surface area contributed by atoms with Crippen LogP contribution in [-0.2, 0) is 15.7 Å². The highest BCUT2D eigenvalue weighted by Gasteiger charge is 2.41. The van der Waals surface area contributed by atoms with Crippen molar-refractivity contribution in [3.63, 3.8) is 0 Å². The molecule has 0 saturated heterocycles. The van der Waals surface area contributed by atoms with Crippen LogP contribution in [0.3, 0.4) is 0 Å². The molecule has 0 radical (unpaired) electrons. The molecule has 0 saturated carbocycles. The van der Waals surface area contributed by atoms with Gasteiger partial charge in [-0.25, -0.2) is 0 Å². The molecule has 7 nitrogen and oxygen atoms in total. The van der Waals surface area contributed by atoms with Crippen LogP contribution in [0.4, 0.5) is 24.7 Å². The average molecular weight is 335 g/mol. The van der Waals surface area contributed by atoms with E-state index in [-0.39, 0.29) is 12.6 Å². The monoisotopic (exact) mass is 335 g/mol. The fraction of sp³-hybridized carbons (Fsp3) is 0.538. The molecule has 0 bridgehead atoms. The number of alkyl halides is 3. The molecular formula is C13H16F3N3O4. The van der Waals surface area contributed by atoms with E-state index in [1.54, 1.807) is 13.8 Å². The third-order valence-corrected chi connectivity index (χ3v) is 2.69. The SMILES string of the molecule is CC(C)OC(=O)C(C)CNc1ccc([N+](=O)[O-])nc1C(F)(F)F. The number of hydrogen-bond donors (Lipinski definition) is 1. The lowest BCUT2D eigenvalue weighted by Gasteiger charge is -2.16. The van der Waals surface area contributed by atoms with Crippen LogP contribution in [0.2, 0.25) is 0 Å². The fourth-order valence-electron chi connectivity index (χ4n) is 1.60. The zero-order chi connectivity index (χ0) is 17.8. The Morgan fingerprint density at radius 3 is 2.48 bits per heavy atom. The minimum atomic E-state index is -4.87. The molecule has 1 N–H and O–H groups in total. The van der Waals surface area contributed by atoms with E-state index >= 15 is 0 Å². The number of esters is 1. The maximum Gasteiger partial charge on any atom is 0.460 e. The highest BCUT2D eigenvalue weighted by Crippen LogP contribution is 2.34. The fourth-order valence-corrected chi connectivity index (χ4v) is 1.60. The second-order valence-corrected chi connectivity index (χ2v) is 5.09. The van der Waals surface area contributed by atoms with Gasteiger partial charge in [0.25, 0.3) is 5.69 Å². The normalized spacial score (nSPS) is 12.8. The lowest BCUT2D eigenvalue weighted by molar-refractivity contribution is -0.390. The predicted molar refractivity (Wildman–Crippen MR) is 74.8 cm³/mol. The molecule has 128 valence electrons. The van der Waals surface area contributed by atoms with Crippen LogP contribution >= 0.6 is 0 Å². The van der Waals surface area contributed by atoms with Gasteiger partial charge < -0.3 is 20.2 Å². The van der Waals surface area contributed by atoms with Gasteiger partial charge in [-0.15, -0.1) is 0 Å². The molecule has 1 rings (SSSR count). The Morgan fingerprint density at radius 1 is 1.39 bits per heavy atom. The van der Waals surface area contributed by atoms with Crippen LogP contribution in [0.5, 0.6) is 0 Å². The molecule has 0 fully saturated rings. The summed E-state index contributed by atoms with van der Waals surface area (Å²) in [5.74, 6) is -2.17. The van der Waals surface area contributed by atoms with Crippen LogP contribution in [-0.4, -0.2) is 28.5 Å². The van der Waals surface area contributed by atoms with Crippen molar-refractivity contribution in [2.45, 2.75) is 33.1 Å². The van der Waals surface area contributed by atoms with Gasteiger partial charge in [-0.3, -0.25) is 4.79 Å². The number of pyridine rings is 1. The average Bonchev–Trinajstić information content (AvgIpc) is 2.42. The Hall–Kier alpha value is -2.39. The first-order chi connectivity index (χ1) is 10.5. The summed E-state index contributed by atoms with van der Waals surface area (Å²) in [6.07, 6.45) is -5.20. The van der Waals surface area contributed by atoms with E-state index in [4.69, 9.17) is 4.74 Å². The van der Waals surface area contributed by atoms with Gasteiger partial charge in [0, 0.05) is 12.6 Å². The zero-order valence-electron chi connectivity index (χ0n) is 12.7. The maximum atomic E-state index is 12.9. The van der Waals surface area contributed by atoms with Gasteiger partial charge in [-0.2, -0.15) is 13.2 Å². The first kappa shape index (κ1) is 18.7. The van der Waals surface area contributed by atoms with Crippen LogP contribution in [0, 0.1) is 16.0 Å². The van der Waals surface area contributed by atoms with Crippen LogP contribution in [0.15, 0.2) is 12.1 Å².